The number of ether oxygens (including phenoxy) is 1. The van der Waals surface area contributed by atoms with E-state index in [9.17, 15) is 4.79 Å². The molecule has 0 aliphatic carbocycles. The van der Waals surface area contributed by atoms with E-state index >= 15 is 0 Å². The normalized spacial score (nSPS) is 9.60. The first-order valence-corrected chi connectivity index (χ1v) is 6.24. The first kappa shape index (κ1) is 13.9. The molecule has 0 atom stereocenters. The predicted octanol–water partition coefficient (Wildman–Crippen LogP) is 3.23. The van der Waals surface area contributed by atoms with Crippen molar-refractivity contribution in [3.8, 4) is 11.8 Å². The van der Waals surface area contributed by atoms with Gasteiger partial charge in [0.25, 0.3) is 5.91 Å². The number of nitrogens with one attached hydrogen (secondary N) is 1. The molecule has 0 saturated carbocycles. The van der Waals surface area contributed by atoms with Crippen LogP contribution in [0.5, 0.6) is 5.75 Å². The Balaban J connectivity index is 1.94. The van der Waals surface area contributed by atoms with E-state index in [2.05, 4.69) is 5.32 Å². The fourth-order valence-electron chi connectivity index (χ4n) is 1.59. The lowest BCUT2D eigenvalue weighted by Gasteiger charge is -2.08. The van der Waals surface area contributed by atoms with Crippen molar-refractivity contribution in [2.45, 2.75) is 0 Å². The molecule has 1 N–H and O–H groups in total. The summed E-state index contributed by atoms with van der Waals surface area (Å²) in [7, 11) is 0. The number of carbonyl (C=O) groups is 1. The van der Waals surface area contributed by atoms with Crippen LogP contribution in [0.25, 0.3) is 0 Å². The number of nitriles is 1. The zero-order valence-electron chi connectivity index (χ0n) is 10.5. The van der Waals surface area contributed by atoms with Crippen LogP contribution in [0.3, 0.4) is 0 Å². The maximum atomic E-state index is 11.7. The number of para-hydroxylation sites is 1. The SMILES string of the molecule is N#Cc1ccccc1OCC(=O)Nc1cccc(Cl)c1. The van der Waals surface area contributed by atoms with Gasteiger partial charge in [0.15, 0.2) is 6.61 Å². The molecule has 0 radical (unpaired) electrons. The Labute approximate surface area is 121 Å². The van der Waals surface area contributed by atoms with Gasteiger partial charge < -0.3 is 10.1 Å². The Kier molecular flexibility index (Phi) is 4.59. The van der Waals surface area contributed by atoms with Crippen LogP contribution in [0.4, 0.5) is 5.69 Å². The third-order valence-corrected chi connectivity index (χ3v) is 2.71. The standard InChI is InChI=1S/C15H11ClN2O2/c16-12-5-3-6-13(8-12)18-15(19)10-20-14-7-2-1-4-11(14)9-17/h1-8H,10H2,(H,18,19). The molecular weight excluding hydrogens is 276 g/mol. The second-order valence-electron chi connectivity index (χ2n) is 3.96. The van der Waals surface area contributed by atoms with Gasteiger partial charge in [-0.25, -0.2) is 0 Å². The van der Waals surface area contributed by atoms with Gasteiger partial charge in [0.2, 0.25) is 0 Å². The van der Waals surface area contributed by atoms with Gasteiger partial charge in [-0.2, -0.15) is 5.26 Å². The summed E-state index contributed by atoms with van der Waals surface area (Å²) in [6, 6.07) is 15.6. The molecule has 1 amide bonds. The van der Waals surface area contributed by atoms with Crippen LogP contribution in [0.1, 0.15) is 5.56 Å². The number of amides is 1. The fraction of sp³-hybridized carbons (Fsp3) is 0.0667. The van der Waals surface area contributed by atoms with Crippen molar-refractivity contribution in [3.63, 3.8) is 0 Å². The zero-order chi connectivity index (χ0) is 14.4. The summed E-state index contributed by atoms with van der Waals surface area (Å²) in [4.78, 5) is 11.7. The van der Waals surface area contributed by atoms with E-state index in [0.717, 1.165) is 0 Å². The maximum absolute atomic E-state index is 11.7. The number of halogens is 1. The Morgan fingerprint density at radius 3 is 2.80 bits per heavy atom. The van der Waals surface area contributed by atoms with Crippen molar-refractivity contribution < 1.29 is 9.53 Å². The molecule has 0 fully saturated rings. The molecule has 2 aromatic carbocycles. The molecule has 0 spiro atoms. The molecule has 2 aromatic rings. The van der Waals surface area contributed by atoms with Gasteiger partial charge in [-0.15, -0.1) is 0 Å². The van der Waals surface area contributed by atoms with Crippen molar-refractivity contribution in [2.75, 3.05) is 11.9 Å². The molecule has 0 saturated heterocycles. The van der Waals surface area contributed by atoms with E-state index in [4.69, 9.17) is 21.6 Å². The van der Waals surface area contributed by atoms with Crippen LogP contribution < -0.4 is 10.1 Å². The highest BCUT2D eigenvalue weighted by Crippen LogP contribution is 2.17. The smallest absolute Gasteiger partial charge is 0.262 e. The number of nitrogens with zero attached hydrogens (tertiary/aromatic N) is 1. The average Bonchev–Trinajstić information content (AvgIpc) is 2.45. The largest absolute Gasteiger partial charge is 0.482 e. The van der Waals surface area contributed by atoms with Gasteiger partial charge >= 0.3 is 0 Å². The summed E-state index contributed by atoms with van der Waals surface area (Å²) in [5, 5.41) is 12.1. The Morgan fingerprint density at radius 1 is 1.25 bits per heavy atom. The molecule has 0 aliphatic rings. The van der Waals surface area contributed by atoms with Crippen molar-refractivity contribution >= 4 is 23.2 Å². The van der Waals surface area contributed by atoms with Gasteiger partial charge in [-0.3, -0.25) is 4.79 Å². The van der Waals surface area contributed by atoms with E-state index < -0.39 is 0 Å². The number of anilines is 1. The quantitative estimate of drug-likeness (QED) is 0.938. The van der Waals surface area contributed by atoms with E-state index in [0.29, 0.717) is 22.0 Å². The van der Waals surface area contributed by atoms with Crippen LogP contribution in [-0.2, 0) is 4.79 Å². The van der Waals surface area contributed by atoms with Gasteiger partial charge in [0.1, 0.15) is 11.8 Å². The highest BCUT2D eigenvalue weighted by Gasteiger charge is 2.06. The van der Waals surface area contributed by atoms with Crippen LogP contribution in [0, 0.1) is 11.3 Å². The minimum Gasteiger partial charge on any atom is -0.482 e. The first-order valence-electron chi connectivity index (χ1n) is 5.86. The van der Waals surface area contributed by atoms with E-state index in [1.165, 1.54) is 0 Å². The second kappa shape index (κ2) is 6.60. The first-order chi connectivity index (χ1) is 9.69. The number of rotatable bonds is 4. The number of carbonyl (C=O) groups excluding carboxylic acids is 1. The van der Waals surface area contributed by atoms with Crippen LogP contribution >= 0.6 is 11.6 Å². The van der Waals surface area contributed by atoms with Crippen molar-refractivity contribution in [1.29, 1.82) is 5.26 Å². The fourth-order valence-corrected chi connectivity index (χ4v) is 1.78. The summed E-state index contributed by atoms with van der Waals surface area (Å²) in [5.41, 5.74) is 0.989. The number of hydrogen-bond donors (Lipinski definition) is 1. The molecule has 0 heterocycles. The second-order valence-corrected chi connectivity index (χ2v) is 4.39. The molecule has 100 valence electrons. The summed E-state index contributed by atoms with van der Waals surface area (Å²) in [6.45, 7) is -0.175. The molecule has 2 rings (SSSR count). The summed E-state index contributed by atoms with van der Waals surface area (Å²) in [5.74, 6) is 0.0660. The van der Waals surface area contributed by atoms with Gasteiger partial charge in [-0.1, -0.05) is 29.8 Å². The highest BCUT2D eigenvalue weighted by atomic mass is 35.5. The highest BCUT2D eigenvalue weighted by molar-refractivity contribution is 6.30. The van der Waals surface area contributed by atoms with Crippen LogP contribution in [0.2, 0.25) is 5.02 Å². The summed E-state index contributed by atoms with van der Waals surface area (Å²) >= 11 is 5.82. The summed E-state index contributed by atoms with van der Waals surface area (Å²) in [6.07, 6.45) is 0. The van der Waals surface area contributed by atoms with Gasteiger partial charge in [0.05, 0.1) is 5.56 Å². The minimum atomic E-state index is -0.319. The molecule has 5 heteroatoms. The predicted molar refractivity (Wildman–Crippen MR) is 76.7 cm³/mol. The monoisotopic (exact) mass is 286 g/mol. The Hall–Kier alpha value is -2.51. The molecule has 0 unspecified atom stereocenters. The molecule has 0 bridgehead atoms. The minimum absolute atomic E-state index is 0.175. The lowest BCUT2D eigenvalue weighted by atomic mass is 10.2. The molecule has 20 heavy (non-hydrogen) atoms. The summed E-state index contributed by atoms with van der Waals surface area (Å²) < 4.78 is 5.32. The number of hydrogen-bond acceptors (Lipinski definition) is 3. The average molecular weight is 287 g/mol. The lowest BCUT2D eigenvalue weighted by molar-refractivity contribution is -0.118. The molecule has 0 aliphatic heterocycles. The van der Waals surface area contributed by atoms with E-state index in [1.54, 1.807) is 48.5 Å². The van der Waals surface area contributed by atoms with Gasteiger partial charge in [0, 0.05) is 10.7 Å². The third kappa shape index (κ3) is 3.74. The molecule has 0 aromatic heterocycles. The maximum Gasteiger partial charge on any atom is 0.262 e. The Morgan fingerprint density at radius 2 is 2.05 bits per heavy atom. The van der Waals surface area contributed by atoms with E-state index in [-0.39, 0.29) is 12.5 Å². The molecule has 4 nitrogen and oxygen atoms in total. The van der Waals surface area contributed by atoms with Crippen molar-refractivity contribution in [1.82, 2.24) is 0 Å². The number of benzene rings is 2. The third-order valence-electron chi connectivity index (χ3n) is 2.47. The lowest BCUT2D eigenvalue weighted by Crippen LogP contribution is -2.20. The van der Waals surface area contributed by atoms with Crippen LogP contribution in [-0.4, -0.2) is 12.5 Å². The molecular formula is C15H11ClN2O2. The zero-order valence-corrected chi connectivity index (χ0v) is 11.2. The van der Waals surface area contributed by atoms with E-state index in [1.807, 2.05) is 6.07 Å². The van der Waals surface area contributed by atoms with Crippen LogP contribution in [0.15, 0.2) is 48.5 Å². The topological polar surface area (TPSA) is 62.1 Å². The van der Waals surface area contributed by atoms with Crippen molar-refractivity contribution in [3.05, 3.63) is 59.1 Å². The Bertz CT molecular complexity index is 665. The van der Waals surface area contributed by atoms with Crippen molar-refractivity contribution in [2.24, 2.45) is 0 Å². The van der Waals surface area contributed by atoms with Gasteiger partial charge in [-0.05, 0) is 30.3 Å².